The lowest BCUT2D eigenvalue weighted by Crippen LogP contribution is -2.58. The van der Waals surface area contributed by atoms with Gasteiger partial charge in [0.25, 0.3) is 0 Å². The zero-order valence-corrected chi connectivity index (χ0v) is 11.4. The molecule has 0 aromatic rings. The summed E-state index contributed by atoms with van der Waals surface area (Å²) in [6.45, 7) is 4.00. The van der Waals surface area contributed by atoms with Crippen LogP contribution in [0.15, 0.2) is 0 Å². The van der Waals surface area contributed by atoms with E-state index in [-0.39, 0.29) is 12.1 Å². The Kier molecular flexibility index (Phi) is 4.62. The van der Waals surface area contributed by atoms with Gasteiger partial charge in [0.1, 0.15) is 6.10 Å². The number of aliphatic hydroxyl groups excluding tert-OH is 2. The maximum Gasteiger partial charge on any atom is 0.320 e. The molecule has 2 saturated heterocycles. The first kappa shape index (κ1) is 14.5. The van der Waals surface area contributed by atoms with E-state index in [1.807, 2.05) is 6.92 Å². The number of likely N-dealkylation sites (N-methyl/N-ethyl adjacent to an activating group) is 1. The number of amides is 2. The third kappa shape index (κ3) is 3.17. The Morgan fingerprint density at radius 2 is 1.95 bits per heavy atom. The molecular formula is C12H22N2O5. The van der Waals surface area contributed by atoms with Gasteiger partial charge in [-0.3, -0.25) is 0 Å². The minimum Gasteiger partial charge on any atom is -0.386 e. The highest BCUT2D eigenvalue weighted by atomic mass is 16.6. The topological polar surface area (TPSA) is 82.5 Å². The van der Waals surface area contributed by atoms with Crippen molar-refractivity contribution in [2.75, 3.05) is 33.4 Å². The minimum absolute atomic E-state index is 0.145. The predicted octanol–water partition coefficient (Wildman–Crippen LogP) is -0.773. The summed E-state index contributed by atoms with van der Waals surface area (Å²) in [5.74, 6) is 0. The van der Waals surface area contributed by atoms with Crippen LogP contribution in [-0.2, 0) is 9.47 Å². The second-order valence-electron chi connectivity index (χ2n) is 5.12. The Labute approximate surface area is 112 Å². The van der Waals surface area contributed by atoms with E-state index in [2.05, 4.69) is 0 Å². The smallest absolute Gasteiger partial charge is 0.320 e. The van der Waals surface area contributed by atoms with Crippen molar-refractivity contribution in [3.05, 3.63) is 0 Å². The molecule has 0 saturated carbocycles. The molecule has 4 atom stereocenters. The van der Waals surface area contributed by atoms with Crippen molar-refractivity contribution in [2.24, 2.45) is 0 Å². The van der Waals surface area contributed by atoms with E-state index in [9.17, 15) is 15.0 Å². The van der Waals surface area contributed by atoms with E-state index in [0.717, 1.165) is 0 Å². The molecule has 110 valence electrons. The molecule has 2 rings (SSSR count). The van der Waals surface area contributed by atoms with Gasteiger partial charge in [-0.25, -0.2) is 4.79 Å². The van der Waals surface area contributed by atoms with Crippen LogP contribution in [0.25, 0.3) is 0 Å². The third-order valence-electron chi connectivity index (χ3n) is 3.71. The number of aliphatic hydroxyl groups is 2. The average Bonchev–Trinajstić information content (AvgIpc) is 2.42. The van der Waals surface area contributed by atoms with Crippen LogP contribution in [0.3, 0.4) is 0 Å². The molecule has 0 spiro atoms. The van der Waals surface area contributed by atoms with E-state index >= 15 is 0 Å². The molecule has 0 bridgehead atoms. The lowest BCUT2D eigenvalue weighted by Gasteiger charge is -2.42. The first-order chi connectivity index (χ1) is 9.00. The number of urea groups is 1. The minimum atomic E-state index is -1.24. The first-order valence-electron chi connectivity index (χ1n) is 6.61. The number of rotatable bonds is 1. The van der Waals surface area contributed by atoms with Gasteiger partial charge in [0, 0.05) is 20.1 Å². The first-order valence-corrected chi connectivity index (χ1v) is 6.61. The fourth-order valence-electron chi connectivity index (χ4n) is 2.55. The van der Waals surface area contributed by atoms with Gasteiger partial charge in [-0.1, -0.05) is 0 Å². The quantitative estimate of drug-likeness (QED) is 0.656. The summed E-state index contributed by atoms with van der Waals surface area (Å²) in [5, 5.41) is 19.6. The molecule has 2 N–H and O–H groups in total. The second kappa shape index (κ2) is 6.04. The van der Waals surface area contributed by atoms with Crippen molar-refractivity contribution >= 4 is 6.03 Å². The molecule has 2 heterocycles. The van der Waals surface area contributed by atoms with Crippen LogP contribution in [0.2, 0.25) is 0 Å². The number of nitrogens with zero attached hydrogens (tertiary/aromatic N) is 2. The van der Waals surface area contributed by atoms with Crippen LogP contribution >= 0.6 is 0 Å². The fourth-order valence-corrected chi connectivity index (χ4v) is 2.55. The number of hydrogen-bond donors (Lipinski definition) is 2. The molecule has 0 aromatic heterocycles. The zero-order chi connectivity index (χ0) is 14.0. The van der Waals surface area contributed by atoms with Crippen molar-refractivity contribution in [3.63, 3.8) is 0 Å². The van der Waals surface area contributed by atoms with Gasteiger partial charge in [0.2, 0.25) is 0 Å². The SMILES string of the molecule is C[C@@H]1C[C@H](N(C)C(=O)N2CCOCC2)[C@@H](O)[C@H](O)O1. The Balaban J connectivity index is 2.00. The maximum absolute atomic E-state index is 12.3. The molecule has 0 aliphatic carbocycles. The van der Waals surface area contributed by atoms with Crippen LogP contribution in [0.4, 0.5) is 4.79 Å². The molecule has 0 aromatic carbocycles. The summed E-state index contributed by atoms with van der Waals surface area (Å²) in [7, 11) is 1.65. The van der Waals surface area contributed by atoms with Crippen LogP contribution in [0.5, 0.6) is 0 Å². The molecule has 19 heavy (non-hydrogen) atoms. The van der Waals surface area contributed by atoms with Crippen LogP contribution in [-0.4, -0.2) is 83.9 Å². The van der Waals surface area contributed by atoms with E-state index in [0.29, 0.717) is 32.7 Å². The summed E-state index contributed by atoms with van der Waals surface area (Å²) in [6.07, 6.45) is -2.01. The molecule has 2 fully saturated rings. The molecule has 2 amide bonds. The van der Waals surface area contributed by atoms with E-state index in [4.69, 9.17) is 9.47 Å². The van der Waals surface area contributed by atoms with E-state index in [1.165, 1.54) is 4.90 Å². The molecule has 0 unspecified atom stereocenters. The number of carbonyl (C=O) groups is 1. The number of carbonyl (C=O) groups excluding carboxylic acids is 1. The number of hydrogen-bond acceptors (Lipinski definition) is 5. The predicted molar refractivity (Wildman–Crippen MR) is 66.5 cm³/mol. The largest absolute Gasteiger partial charge is 0.386 e. The van der Waals surface area contributed by atoms with Gasteiger partial charge in [0.05, 0.1) is 25.4 Å². The van der Waals surface area contributed by atoms with Gasteiger partial charge in [-0.15, -0.1) is 0 Å². The number of ether oxygens (including phenoxy) is 2. The van der Waals surface area contributed by atoms with Crippen molar-refractivity contribution in [1.29, 1.82) is 0 Å². The summed E-state index contributed by atoms with van der Waals surface area (Å²) in [6, 6.07) is -0.581. The third-order valence-corrected chi connectivity index (χ3v) is 3.71. The monoisotopic (exact) mass is 274 g/mol. The molecule has 7 heteroatoms. The van der Waals surface area contributed by atoms with Gasteiger partial charge < -0.3 is 29.5 Å². The molecule has 2 aliphatic rings. The van der Waals surface area contributed by atoms with E-state index in [1.54, 1.807) is 11.9 Å². The average molecular weight is 274 g/mol. The van der Waals surface area contributed by atoms with Gasteiger partial charge in [0.15, 0.2) is 6.29 Å². The Morgan fingerprint density at radius 1 is 1.32 bits per heavy atom. The maximum atomic E-state index is 12.3. The highest BCUT2D eigenvalue weighted by Crippen LogP contribution is 2.23. The van der Waals surface area contributed by atoms with Crippen LogP contribution in [0, 0.1) is 0 Å². The molecular weight excluding hydrogens is 252 g/mol. The van der Waals surface area contributed by atoms with Gasteiger partial charge in [-0.05, 0) is 13.3 Å². The lowest BCUT2D eigenvalue weighted by molar-refractivity contribution is -0.228. The lowest BCUT2D eigenvalue weighted by atomic mass is 9.99. The highest BCUT2D eigenvalue weighted by Gasteiger charge is 2.39. The molecule has 0 radical (unpaired) electrons. The highest BCUT2D eigenvalue weighted by molar-refractivity contribution is 5.74. The van der Waals surface area contributed by atoms with Gasteiger partial charge in [-0.2, -0.15) is 0 Å². The van der Waals surface area contributed by atoms with Gasteiger partial charge >= 0.3 is 6.03 Å². The summed E-state index contributed by atoms with van der Waals surface area (Å²) in [4.78, 5) is 15.5. The number of morpholine rings is 1. The zero-order valence-electron chi connectivity index (χ0n) is 11.4. The second-order valence-corrected chi connectivity index (χ2v) is 5.12. The van der Waals surface area contributed by atoms with Crippen molar-refractivity contribution in [2.45, 2.75) is 37.9 Å². The standard InChI is InChI=1S/C12H22N2O5/c1-8-7-9(10(15)11(16)19-8)13(2)12(17)14-3-5-18-6-4-14/h8-11,15-16H,3-7H2,1-2H3/t8-,9+,10-,11-/m1/s1. The van der Waals surface area contributed by atoms with Crippen molar-refractivity contribution in [3.8, 4) is 0 Å². The fraction of sp³-hybridized carbons (Fsp3) is 0.917. The van der Waals surface area contributed by atoms with Crippen molar-refractivity contribution < 1.29 is 24.5 Å². The van der Waals surface area contributed by atoms with E-state index < -0.39 is 18.4 Å². The Bertz CT molecular complexity index is 321. The normalized spacial score (nSPS) is 36.1. The van der Waals surface area contributed by atoms with Crippen LogP contribution in [0.1, 0.15) is 13.3 Å². The Hall–Kier alpha value is -0.890. The molecule has 2 aliphatic heterocycles. The summed E-state index contributed by atoms with van der Waals surface area (Å²) in [5.41, 5.74) is 0. The molecule has 7 nitrogen and oxygen atoms in total. The summed E-state index contributed by atoms with van der Waals surface area (Å²) >= 11 is 0. The summed E-state index contributed by atoms with van der Waals surface area (Å²) < 4.78 is 10.3. The van der Waals surface area contributed by atoms with Crippen LogP contribution < -0.4 is 0 Å². The van der Waals surface area contributed by atoms with Crippen molar-refractivity contribution in [1.82, 2.24) is 9.80 Å². The Morgan fingerprint density at radius 3 is 2.58 bits per heavy atom.